The molecule has 0 aliphatic rings. The number of aromatic carboxylic acids is 1. The van der Waals surface area contributed by atoms with Crippen molar-refractivity contribution in [3.8, 4) is 33.9 Å². The average Bonchev–Trinajstić information content (AvgIpc) is 2.90. The molecule has 0 spiro atoms. The number of ether oxygens (including phenoxy) is 2. The first-order valence-corrected chi connectivity index (χ1v) is 10.9. The fourth-order valence-electron chi connectivity index (χ4n) is 3.87. The quantitative estimate of drug-likeness (QED) is 0.405. The smallest absolute Gasteiger partial charge is 0.337 e. The Balaban J connectivity index is 1.95. The van der Waals surface area contributed by atoms with E-state index in [2.05, 4.69) is 10.4 Å². The summed E-state index contributed by atoms with van der Waals surface area (Å²) in [7, 11) is 4.22. The van der Waals surface area contributed by atoms with Gasteiger partial charge in [-0.1, -0.05) is 60.7 Å². The first kappa shape index (κ1) is 24.2. The second-order valence-electron chi connectivity index (χ2n) is 7.77. The van der Waals surface area contributed by atoms with E-state index >= 15 is 0 Å². The Morgan fingerprint density at radius 3 is 2.00 bits per heavy atom. The maximum Gasteiger partial charge on any atom is 0.337 e. The molecule has 0 aliphatic carbocycles. The summed E-state index contributed by atoms with van der Waals surface area (Å²) < 4.78 is 11.5. The molecule has 0 saturated carbocycles. The first-order chi connectivity index (χ1) is 17.3. The molecule has 0 atom stereocenters. The Kier molecular flexibility index (Phi) is 6.82. The number of hydrogen-bond donors (Lipinski definition) is 2. The van der Waals surface area contributed by atoms with E-state index in [1.165, 1.54) is 33.4 Å². The number of aromatic nitrogens is 2. The van der Waals surface area contributed by atoms with Crippen LogP contribution in [0.3, 0.4) is 0 Å². The van der Waals surface area contributed by atoms with Crippen molar-refractivity contribution in [2.45, 2.75) is 0 Å². The molecule has 1 aromatic heterocycles. The van der Waals surface area contributed by atoms with Gasteiger partial charge in [0.05, 0.1) is 31.2 Å². The molecule has 0 saturated heterocycles. The molecule has 0 bridgehead atoms. The van der Waals surface area contributed by atoms with Gasteiger partial charge in [0, 0.05) is 30.3 Å². The minimum Gasteiger partial charge on any atom is -0.493 e. The highest BCUT2D eigenvalue weighted by atomic mass is 16.5. The van der Waals surface area contributed by atoms with Gasteiger partial charge in [-0.05, 0) is 5.56 Å². The summed E-state index contributed by atoms with van der Waals surface area (Å²) >= 11 is 0. The van der Waals surface area contributed by atoms with Gasteiger partial charge in [0.1, 0.15) is 5.56 Å². The number of nitrogens with one attached hydrogen (secondary N) is 1. The zero-order valence-electron chi connectivity index (χ0n) is 19.8. The molecular weight excluding hydrogens is 462 g/mol. The lowest BCUT2D eigenvalue weighted by Crippen LogP contribution is -2.31. The zero-order valence-corrected chi connectivity index (χ0v) is 19.8. The van der Waals surface area contributed by atoms with Crippen LogP contribution in [0.1, 0.15) is 20.7 Å². The van der Waals surface area contributed by atoms with Gasteiger partial charge in [0.2, 0.25) is 0 Å². The van der Waals surface area contributed by atoms with Crippen LogP contribution in [0.15, 0.2) is 77.6 Å². The lowest BCUT2D eigenvalue weighted by molar-refractivity contribution is 0.0697. The third kappa shape index (κ3) is 4.54. The highest BCUT2D eigenvalue weighted by Gasteiger charge is 2.26. The fraction of sp³-hybridized carbons (Fsp3) is 0.111. The van der Waals surface area contributed by atoms with Crippen molar-refractivity contribution >= 4 is 17.6 Å². The van der Waals surface area contributed by atoms with E-state index < -0.39 is 17.4 Å². The van der Waals surface area contributed by atoms with E-state index in [4.69, 9.17) is 9.47 Å². The Hall–Kier alpha value is -4.92. The normalized spacial score (nSPS) is 10.5. The van der Waals surface area contributed by atoms with Gasteiger partial charge >= 0.3 is 5.97 Å². The standard InChI is InChI=1S/C27H23N3O6/c1-30-26(32)23(25(31)28-19-15-21(36-3)20(35-2)14-18(19)27(33)34)22(16-10-6-4-7-11-16)24(29-30)17-12-8-5-9-13-17/h4-15H,1-3H3,(H,28,31)(H,33,34). The van der Waals surface area contributed by atoms with Crippen molar-refractivity contribution in [3.05, 3.63) is 94.3 Å². The van der Waals surface area contributed by atoms with E-state index in [9.17, 15) is 19.5 Å². The monoisotopic (exact) mass is 485 g/mol. The molecule has 1 amide bonds. The van der Waals surface area contributed by atoms with Crippen molar-refractivity contribution in [1.29, 1.82) is 0 Å². The number of anilines is 1. The van der Waals surface area contributed by atoms with Crippen LogP contribution in [0, 0.1) is 0 Å². The van der Waals surface area contributed by atoms with Crippen LogP contribution >= 0.6 is 0 Å². The van der Waals surface area contributed by atoms with E-state index in [1.54, 1.807) is 24.3 Å². The van der Waals surface area contributed by atoms with Crippen LogP contribution in [-0.2, 0) is 7.05 Å². The third-order valence-electron chi connectivity index (χ3n) is 5.58. The Labute approximate surface area is 206 Å². The number of carboxylic acids is 1. The van der Waals surface area contributed by atoms with Gasteiger partial charge in [0.25, 0.3) is 11.5 Å². The number of carbonyl (C=O) groups excluding carboxylic acids is 1. The molecular formula is C27H23N3O6. The first-order valence-electron chi connectivity index (χ1n) is 10.9. The number of hydrogen-bond acceptors (Lipinski definition) is 6. The van der Waals surface area contributed by atoms with Crippen molar-refractivity contribution in [2.24, 2.45) is 7.05 Å². The summed E-state index contributed by atoms with van der Waals surface area (Å²) in [5.41, 5.74) is 0.989. The lowest BCUT2D eigenvalue weighted by Gasteiger charge is -2.17. The third-order valence-corrected chi connectivity index (χ3v) is 5.58. The van der Waals surface area contributed by atoms with Crippen molar-refractivity contribution in [1.82, 2.24) is 9.78 Å². The van der Waals surface area contributed by atoms with E-state index in [0.717, 1.165) is 4.68 Å². The van der Waals surface area contributed by atoms with Crippen molar-refractivity contribution in [2.75, 3.05) is 19.5 Å². The highest BCUT2D eigenvalue weighted by molar-refractivity contribution is 6.12. The summed E-state index contributed by atoms with van der Waals surface area (Å²) in [4.78, 5) is 38.9. The highest BCUT2D eigenvalue weighted by Crippen LogP contribution is 2.35. The zero-order chi connectivity index (χ0) is 25.8. The van der Waals surface area contributed by atoms with Gasteiger partial charge in [-0.2, -0.15) is 5.10 Å². The second-order valence-corrected chi connectivity index (χ2v) is 7.77. The predicted octanol–water partition coefficient (Wildman–Crippen LogP) is 4.08. The largest absolute Gasteiger partial charge is 0.493 e. The molecule has 0 aliphatic heterocycles. The van der Waals surface area contributed by atoms with E-state index in [-0.39, 0.29) is 28.3 Å². The van der Waals surface area contributed by atoms with Crippen LogP contribution in [0.2, 0.25) is 0 Å². The summed E-state index contributed by atoms with van der Waals surface area (Å²) in [5.74, 6) is -1.68. The molecule has 0 radical (unpaired) electrons. The molecule has 36 heavy (non-hydrogen) atoms. The average molecular weight is 485 g/mol. The van der Waals surface area contributed by atoms with Crippen LogP contribution in [-0.4, -0.2) is 41.0 Å². The molecule has 9 nitrogen and oxygen atoms in total. The molecule has 1 heterocycles. The van der Waals surface area contributed by atoms with Crippen LogP contribution in [0.25, 0.3) is 22.4 Å². The van der Waals surface area contributed by atoms with Gasteiger partial charge in [-0.25, -0.2) is 9.48 Å². The van der Waals surface area contributed by atoms with Crippen LogP contribution in [0.5, 0.6) is 11.5 Å². The molecule has 0 fully saturated rings. The number of benzene rings is 3. The Bertz CT molecular complexity index is 1500. The number of nitrogens with zero attached hydrogens (tertiary/aromatic N) is 2. The number of methoxy groups -OCH3 is 2. The van der Waals surface area contributed by atoms with Gasteiger partial charge in [-0.3, -0.25) is 9.59 Å². The summed E-state index contributed by atoms with van der Waals surface area (Å²) in [5, 5.41) is 16.8. The minimum absolute atomic E-state index is 0.0516. The summed E-state index contributed by atoms with van der Waals surface area (Å²) in [6, 6.07) is 20.7. The Morgan fingerprint density at radius 1 is 0.889 bits per heavy atom. The molecule has 182 valence electrons. The Morgan fingerprint density at radius 2 is 1.44 bits per heavy atom. The SMILES string of the molecule is COc1cc(NC(=O)c2c(-c3ccccc3)c(-c3ccccc3)nn(C)c2=O)c(C(=O)O)cc1OC. The number of amides is 1. The number of aryl methyl sites for hydroxylation is 1. The molecule has 4 rings (SSSR count). The van der Waals surface area contributed by atoms with E-state index in [1.807, 2.05) is 36.4 Å². The summed E-state index contributed by atoms with van der Waals surface area (Å²) in [6.45, 7) is 0. The van der Waals surface area contributed by atoms with Crippen LogP contribution < -0.4 is 20.3 Å². The maximum atomic E-state index is 13.7. The molecule has 9 heteroatoms. The van der Waals surface area contributed by atoms with Gasteiger partial charge < -0.3 is 19.9 Å². The molecule has 2 N–H and O–H groups in total. The second kappa shape index (κ2) is 10.1. The fourth-order valence-corrected chi connectivity index (χ4v) is 3.87. The van der Waals surface area contributed by atoms with Gasteiger partial charge in [0.15, 0.2) is 11.5 Å². The molecule has 3 aromatic carbocycles. The van der Waals surface area contributed by atoms with Crippen LogP contribution in [0.4, 0.5) is 5.69 Å². The molecule has 0 unspecified atom stereocenters. The number of carboxylic acid groups (broad SMARTS) is 1. The van der Waals surface area contributed by atoms with Crippen molar-refractivity contribution in [3.63, 3.8) is 0 Å². The maximum absolute atomic E-state index is 13.7. The predicted molar refractivity (Wildman–Crippen MR) is 135 cm³/mol. The summed E-state index contributed by atoms with van der Waals surface area (Å²) in [6.07, 6.45) is 0. The molecule has 4 aromatic rings. The van der Waals surface area contributed by atoms with E-state index in [0.29, 0.717) is 22.4 Å². The van der Waals surface area contributed by atoms with Crippen molar-refractivity contribution < 1.29 is 24.2 Å². The number of carbonyl (C=O) groups is 2. The lowest BCUT2D eigenvalue weighted by atomic mass is 9.95. The minimum atomic E-state index is -1.29. The number of rotatable bonds is 7. The topological polar surface area (TPSA) is 120 Å². The van der Waals surface area contributed by atoms with Gasteiger partial charge in [-0.15, -0.1) is 0 Å².